The van der Waals surface area contributed by atoms with Crippen molar-refractivity contribution in [2.24, 2.45) is 0 Å². The number of thiazole rings is 1. The van der Waals surface area contributed by atoms with Crippen LogP contribution in [0.1, 0.15) is 29.4 Å². The molecule has 2 N–H and O–H groups in total. The lowest BCUT2D eigenvalue weighted by Crippen LogP contribution is -2.41. The van der Waals surface area contributed by atoms with Gasteiger partial charge in [0.05, 0.1) is 25.3 Å². The molecule has 34 heavy (non-hydrogen) atoms. The van der Waals surface area contributed by atoms with Crippen LogP contribution in [-0.2, 0) is 20.7 Å². The predicted molar refractivity (Wildman–Crippen MR) is 132 cm³/mol. The number of carbonyl (C=O) groups is 3. The molecule has 11 heteroatoms. The molecule has 2 heterocycles. The summed E-state index contributed by atoms with van der Waals surface area (Å²) >= 11 is 7.15. The Morgan fingerprint density at radius 3 is 2.62 bits per heavy atom. The van der Waals surface area contributed by atoms with Gasteiger partial charge in [0.2, 0.25) is 11.8 Å². The zero-order chi connectivity index (χ0) is 24.3. The maximum atomic E-state index is 12.8. The van der Waals surface area contributed by atoms with Crippen LogP contribution in [0, 0.1) is 0 Å². The Labute approximate surface area is 208 Å². The molecule has 0 saturated carbocycles. The normalized spacial score (nSPS) is 13.9. The van der Waals surface area contributed by atoms with Gasteiger partial charge in [-0.2, -0.15) is 0 Å². The highest BCUT2D eigenvalue weighted by atomic mass is 35.5. The molecule has 1 aliphatic rings. The fourth-order valence-electron chi connectivity index (χ4n) is 3.48. The number of halogens is 1. The Hall–Kier alpha value is -2.53. The van der Waals surface area contributed by atoms with E-state index in [1.807, 2.05) is 6.92 Å². The SMILES string of the molecule is CCCN(CC(=O)Nc1nc(CC(=O)NCCN2CCOCC2)cs1)C(=O)c1ccc(Cl)cc1. The first-order valence-corrected chi connectivity index (χ1v) is 12.6. The number of aromatic nitrogens is 1. The van der Waals surface area contributed by atoms with Crippen LogP contribution in [0.3, 0.4) is 0 Å². The molecule has 1 saturated heterocycles. The van der Waals surface area contributed by atoms with E-state index in [2.05, 4.69) is 20.5 Å². The van der Waals surface area contributed by atoms with Gasteiger partial charge < -0.3 is 20.3 Å². The van der Waals surface area contributed by atoms with Crippen LogP contribution in [0.2, 0.25) is 5.02 Å². The number of benzene rings is 1. The minimum absolute atomic E-state index is 0.0910. The average molecular weight is 508 g/mol. The van der Waals surface area contributed by atoms with Crippen LogP contribution >= 0.6 is 22.9 Å². The number of hydrogen-bond donors (Lipinski definition) is 2. The summed E-state index contributed by atoms with van der Waals surface area (Å²) in [6, 6.07) is 6.58. The number of carbonyl (C=O) groups excluding carboxylic acids is 3. The maximum absolute atomic E-state index is 12.8. The third-order valence-electron chi connectivity index (χ3n) is 5.20. The van der Waals surface area contributed by atoms with Crippen molar-refractivity contribution >= 4 is 45.8 Å². The van der Waals surface area contributed by atoms with Crippen LogP contribution in [0.15, 0.2) is 29.6 Å². The highest BCUT2D eigenvalue weighted by Gasteiger charge is 2.19. The first-order chi connectivity index (χ1) is 16.4. The molecular weight excluding hydrogens is 478 g/mol. The molecule has 2 aromatic rings. The quantitative estimate of drug-likeness (QED) is 0.483. The number of nitrogens with zero attached hydrogens (tertiary/aromatic N) is 3. The lowest BCUT2D eigenvalue weighted by atomic mass is 10.2. The summed E-state index contributed by atoms with van der Waals surface area (Å²) in [7, 11) is 0. The second-order valence-corrected chi connectivity index (χ2v) is 9.20. The van der Waals surface area contributed by atoms with Gasteiger partial charge in [-0.05, 0) is 30.7 Å². The zero-order valence-electron chi connectivity index (χ0n) is 19.2. The van der Waals surface area contributed by atoms with E-state index in [0.717, 1.165) is 32.8 Å². The molecule has 0 bridgehead atoms. The van der Waals surface area contributed by atoms with Crippen LogP contribution in [-0.4, -0.2) is 85.0 Å². The fourth-order valence-corrected chi connectivity index (χ4v) is 4.33. The number of nitrogens with one attached hydrogen (secondary N) is 2. The number of ether oxygens (including phenoxy) is 1. The van der Waals surface area contributed by atoms with Gasteiger partial charge in [-0.15, -0.1) is 11.3 Å². The molecule has 3 rings (SSSR count). The fraction of sp³-hybridized carbons (Fsp3) is 0.478. The first-order valence-electron chi connectivity index (χ1n) is 11.3. The third kappa shape index (κ3) is 8.35. The summed E-state index contributed by atoms with van der Waals surface area (Å²) in [6.07, 6.45) is 0.862. The van der Waals surface area contributed by atoms with Crippen molar-refractivity contribution in [2.45, 2.75) is 19.8 Å². The van der Waals surface area contributed by atoms with Gasteiger partial charge in [0.25, 0.3) is 5.91 Å². The second-order valence-electron chi connectivity index (χ2n) is 7.91. The summed E-state index contributed by atoms with van der Waals surface area (Å²) in [5.74, 6) is -0.687. The molecule has 0 atom stereocenters. The molecule has 1 aromatic heterocycles. The molecule has 9 nitrogen and oxygen atoms in total. The molecule has 184 valence electrons. The van der Waals surface area contributed by atoms with Crippen molar-refractivity contribution in [3.63, 3.8) is 0 Å². The molecule has 0 spiro atoms. The van der Waals surface area contributed by atoms with Crippen LogP contribution in [0.4, 0.5) is 5.13 Å². The summed E-state index contributed by atoms with van der Waals surface area (Å²) in [5.41, 5.74) is 1.06. The standard InChI is InChI=1S/C23H30ClN5O4S/c1-2-8-29(22(32)17-3-5-18(24)6-4-17)15-21(31)27-23-26-19(16-34-23)14-20(30)25-7-9-28-10-12-33-13-11-28/h3-6,16H,2,7-15H2,1H3,(H,25,30)(H,26,27,31). The molecule has 1 fully saturated rings. The Balaban J connectivity index is 1.45. The van der Waals surface area contributed by atoms with E-state index >= 15 is 0 Å². The summed E-state index contributed by atoms with van der Waals surface area (Å²) in [6.45, 7) is 6.88. The van der Waals surface area contributed by atoms with E-state index in [9.17, 15) is 14.4 Å². The van der Waals surface area contributed by atoms with Gasteiger partial charge in [0.15, 0.2) is 5.13 Å². The van der Waals surface area contributed by atoms with Crippen LogP contribution in [0.5, 0.6) is 0 Å². The van der Waals surface area contributed by atoms with Crippen molar-refractivity contribution in [2.75, 3.05) is 57.8 Å². The predicted octanol–water partition coefficient (Wildman–Crippen LogP) is 2.28. The van der Waals surface area contributed by atoms with E-state index in [4.69, 9.17) is 16.3 Å². The largest absolute Gasteiger partial charge is 0.379 e. The molecule has 0 radical (unpaired) electrons. The smallest absolute Gasteiger partial charge is 0.254 e. The van der Waals surface area contributed by atoms with Gasteiger partial charge in [-0.25, -0.2) is 4.98 Å². The average Bonchev–Trinajstić information content (AvgIpc) is 3.25. The number of rotatable bonds is 11. The summed E-state index contributed by atoms with van der Waals surface area (Å²) in [5, 5.41) is 8.33. The van der Waals surface area contributed by atoms with Gasteiger partial charge in [-0.1, -0.05) is 18.5 Å². The molecule has 0 unspecified atom stereocenters. The summed E-state index contributed by atoms with van der Waals surface area (Å²) < 4.78 is 5.32. The van der Waals surface area contributed by atoms with Crippen molar-refractivity contribution in [1.82, 2.24) is 20.1 Å². The topological polar surface area (TPSA) is 104 Å². The monoisotopic (exact) mass is 507 g/mol. The lowest BCUT2D eigenvalue weighted by molar-refractivity contribution is -0.120. The highest BCUT2D eigenvalue weighted by Crippen LogP contribution is 2.16. The molecule has 0 aliphatic carbocycles. The number of morpholine rings is 1. The summed E-state index contributed by atoms with van der Waals surface area (Å²) in [4.78, 5) is 45.6. The molecule has 3 amide bonds. The van der Waals surface area contributed by atoms with Crippen LogP contribution in [0.25, 0.3) is 0 Å². The third-order valence-corrected chi connectivity index (χ3v) is 6.26. The second kappa shape index (κ2) is 13.4. The van der Waals surface area contributed by atoms with Crippen LogP contribution < -0.4 is 10.6 Å². The Bertz CT molecular complexity index is 963. The molecular formula is C23H30ClN5O4S. The number of amides is 3. The van der Waals surface area contributed by atoms with E-state index in [1.165, 1.54) is 16.2 Å². The van der Waals surface area contributed by atoms with Crippen molar-refractivity contribution in [1.29, 1.82) is 0 Å². The van der Waals surface area contributed by atoms with E-state index in [-0.39, 0.29) is 30.7 Å². The van der Waals surface area contributed by atoms with Crippen molar-refractivity contribution in [3.8, 4) is 0 Å². The Morgan fingerprint density at radius 1 is 1.18 bits per heavy atom. The molecule has 1 aliphatic heterocycles. The van der Waals surface area contributed by atoms with Gasteiger partial charge in [0.1, 0.15) is 6.54 Å². The van der Waals surface area contributed by atoms with E-state index in [0.29, 0.717) is 40.9 Å². The first kappa shape index (κ1) is 26.1. The zero-order valence-corrected chi connectivity index (χ0v) is 20.8. The van der Waals surface area contributed by atoms with E-state index in [1.54, 1.807) is 29.6 Å². The maximum Gasteiger partial charge on any atom is 0.254 e. The molecule has 1 aromatic carbocycles. The number of hydrogen-bond acceptors (Lipinski definition) is 7. The van der Waals surface area contributed by atoms with Crippen molar-refractivity contribution < 1.29 is 19.1 Å². The van der Waals surface area contributed by atoms with Gasteiger partial charge in [0, 0.05) is 48.7 Å². The van der Waals surface area contributed by atoms with Gasteiger partial charge in [-0.3, -0.25) is 19.3 Å². The minimum atomic E-state index is -0.341. The number of anilines is 1. The Kier molecular flexibility index (Phi) is 10.3. The van der Waals surface area contributed by atoms with E-state index < -0.39 is 0 Å². The highest BCUT2D eigenvalue weighted by molar-refractivity contribution is 7.13. The minimum Gasteiger partial charge on any atom is -0.379 e. The Morgan fingerprint density at radius 2 is 1.91 bits per heavy atom. The van der Waals surface area contributed by atoms with Gasteiger partial charge >= 0.3 is 0 Å². The van der Waals surface area contributed by atoms with Crippen molar-refractivity contribution in [3.05, 3.63) is 45.9 Å². The lowest BCUT2D eigenvalue weighted by Gasteiger charge is -2.26.